The summed E-state index contributed by atoms with van der Waals surface area (Å²) in [5, 5.41) is 0. The Bertz CT molecular complexity index is 1140. The van der Waals surface area contributed by atoms with Crippen LogP contribution >= 0.6 is 0 Å². The van der Waals surface area contributed by atoms with Crippen LogP contribution in [0, 0.1) is 11.6 Å². The molecule has 32 heavy (non-hydrogen) atoms. The Hall–Kier alpha value is -3.09. The molecule has 0 N–H and O–H groups in total. The zero-order chi connectivity index (χ0) is 22.3. The first-order valence-electron chi connectivity index (χ1n) is 10.2. The molecule has 0 atom stereocenters. The van der Waals surface area contributed by atoms with Gasteiger partial charge in [-0.15, -0.1) is 0 Å². The van der Waals surface area contributed by atoms with Gasteiger partial charge >= 0.3 is 188 Å². The molecule has 160 valence electrons. The van der Waals surface area contributed by atoms with Gasteiger partial charge in [-0.2, -0.15) is 0 Å². The molecular weight excluding hydrogens is 450 g/mol. The summed E-state index contributed by atoms with van der Waals surface area (Å²) in [4.78, 5) is 26.3. The molecule has 0 aromatic heterocycles. The van der Waals surface area contributed by atoms with Crippen LogP contribution in [0.4, 0.5) is 8.78 Å². The third kappa shape index (κ3) is 3.59. The molecule has 0 saturated heterocycles. The normalized spacial score (nSPS) is 17.9. The molecule has 1 heterocycles. The van der Waals surface area contributed by atoms with Gasteiger partial charge in [-0.3, -0.25) is 0 Å². The zero-order valence-corrected chi connectivity index (χ0v) is 18.5. The molecule has 2 aromatic rings. The van der Waals surface area contributed by atoms with E-state index in [0.29, 0.717) is 19.3 Å². The summed E-state index contributed by atoms with van der Waals surface area (Å²) in [6, 6.07) is 10.1. The number of halogens is 2. The molecule has 1 aliphatic heterocycles. The van der Waals surface area contributed by atoms with Gasteiger partial charge in [-0.05, 0) is 0 Å². The fraction of sp³-hybridized carbons (Fsp3) is 0.120. The number of hydrogen-bond acceptors (Lipinski definition) is 4. The van der Waals surface area contributed by atoms with Gasteiger partial charge in [-0.25, -0.2) is 0 Å². The molecule has 0 amide bonds. The summed E-state index contributed by atoms with van der Waals surface area (Å²) in [5.74, 6) is -2.24. The van der Waals surface area contributed by atoms with E-state index >= 15 is 0 Å². The Labute approximate surface area is 187 Å². The van der Waals surface area contributed by atoms with E-state index in [0.717, 1.165) is 18.9 Å². The molecule has 3 aliphatic rings. The molecule has 7 heteroatoms. The minimum absolute atomic E-state index is 0.181. The Balaban J connectivity index is 1.57. The summed E-state index contributed by atoms with van der Waals surface area (Å²) in [6.45, 7) is 0. The molecule has 4 nitrogen and oxygen atoms in total. The fourth-order valence-corrected chi connectivity index (χ4v) is 9.98. The van der Waals surface area contributed by atoms with Crippen molar-refractivity contribution in [1.82, 2.24) is 0 Å². The number of allylic oxidation sites excluding steroid dienone is 8. The molecular formula is C25H18F2O4Ti. The van der Waals surface area contributed by atoms with E-state index < -0.39 is 40.9 Å². The molecule has 0 saturated carbocycles. The monoisotopic (exact) mass is 468 g/mol. The first kappa shape index (κ1) is 20.8. The predicted molar refractivity (Wildman–Crippen MR) is 110 cm³/mol. The standard InChI is InChI=1S/C11H10.2C7H5FO2.Ti/c1-2-6-10(5-1)9-11-7-3-4-8-11;2*8-6-3-1-5(2-4-6)7(9)10;/h1,3,5,7H,2,4,9H2;2*1-4H,(H,9,10);/q;;;+2/p-2. The Kier molecular flexibility index (Phi) is 5.27. The first-order chi connectivity index (χ1) is 15.5. The molecule has 0 bridgehead atoms. The van der Waals surface area contributed by atoms with E-state index in [2.05, 4.69) is 0 Å². The first-order valence-corrected chi connectivity index (χ1v) is 13.1. The van der Waals surface area contributed by atoms with Gasteiger partial charge in [0.2, 0.25) is 0 Å². The van der Waals surface area contributed by atoms with Crippen LogP contribution in [0.15, 0.2) is 91.7 Å². The fourth-order valence-electron chi connectivity index (χ4n) is 4.33. The second-order valence-electron chi connectivity index (χ2n) is 7.81. The number of hydrogen-bond donors (Lipinski definition) is 0. The van der Waals surface area contributed by atoms with Crippen LogP contribution in [0.2, 0.25) is 0 Å². The SMILES string of the molecule is O=C([O][Ti]1([O]C(=O)c2ccc(F)cc2)[C]2=C(C=CC2)CC2=[C]1CC=C2)c1ccc(F)cc1. The van der Waals surface area contributed by atoms with Gasteiger partial charge < -0.3 is 0 Å². The summed E-state index contributed by atoms with van der Waals surface area (Å²) in [7, 11) is 0. The maximum atomic E-state index is 13.4. The van der Waals surface area contributed by atoms with E-state index in [9.17, 15) is 18.4 Å². The van der Waals surface area contributed by atoms with E-state index in [1.54, 1.807) is 0 Å². The minimum atomic E-state index is -4.41. The quantitative estimate of drug-likeness (QED) is 0.533. The second kappa shape index (κ2) is 8.12. The summed E-state index contributed by atoms with van der Waals surface area (Å²) < 4.78 is 40.8. The zero-order valence-electron chi connectivity index (χ0n) is 16.9. The van der Waals surface area contributed by atoms with E-state index in [1.165, 1.54) is 48.5 Å². The molecule has 0 spiro atoms. The average molecular weight is 468 g/mol. The van der Waals surface area contributed by atoms with E-state index in [4.69, 9.17) is 6.64 Å². The summed E-state index contributed by atoms with van der Waals surface area (Å²) in [5.41, 5.74) is 2.38. The van der Waals surface area contributed by atoms with Gasteiger partial charge in [-0.1, -0.05) is 0 Å². The van der Waals surface area contributed by atoms with Crippen LogP contribution in [0.3, 0.4) is 0 Å². The predicted octanol–water partition coefficient (Wildman–Crippen LogP) is 5.79. The Morgan fingerprint density at radius 2 is 1.09 bits per heavy atom. The van der Waals surface area contributed by atoms with Crippen molar-refractivity contribution in [2.45, 2.75) is 19.3 Å². The van der Waals surface area contributed by atoms with Crippen LogP contribution in [0.1, 0.15) is 40.0 Å². The third-order valence-electron chi connectivity index (χ3n) is 5.87. The van der Waals surface area contributed by atoms with Crippen LogP contribution in [0.5, 0.6) is 0 Å². The van der Waals surface area contributed by atoms with Gasteiger partial charge in [0.25, 0.3) is 0 Å². The van der Waals surface area contributed by atoms with Gasteiger partial charge in [0.15, 0.2) is 0 Å². The molecule has 2 aliphatic carbocycles. The van der Waals surface area contributed by atoms with Crippen molar-refractivity contribution in [3.8, 4) is 0 Å². The second-order valence-corrected chi connectivity index (χ2v) is 12.3. The number of carbonyl (C=O) groups is 2. The van der Waals surface area contributed by atoms with Crippen LogP contribution in [-0.4, -0.2) is 11.9 Å². The number of rotatable bonds is 4. The van der Waals surface area contributed by atoms with Crippen LogP contribution in [-0.2, 0) is 24.0 Å². The van der Waals surface area contributed by atoms with Gasteiger partial charge in [0, 0.05) is 0 Å². The van der Waals surface area contributed by atoms with Crippen molar-refractivity contribution in [3.05, 3.63) is 114 Å². The van der Waals surface area contributed by atoms with Crippen molar-refractivity contribution >= 4 is 11.9 Å². The van der Waals surface area contributed by atoms with Crippen LogP contribution < -0.4 is 0 Å². The number of benzene rings is 2. The van der Waals surface area contributed by atoms with Crippen molar-refractivity contribution < 1.29 is 42.4 Å². The summed E-state index contributed by atoms with van der Waals surface area (Å²) in [6.07, 6.45) is 9.72. The molecule has 0 radical (unpaired) electrons. The van der Waals surface area contributed by atoms with Crippen molar-refractivity contribution in [2.24, 2.45) is 0 Å². The van der Waals surface area contributed by atoms with Gasteiger partial charge in [0.05, 0.1) is 0 Å². The molecule has 0 unspecified atom stereocenters. The van der Waals surface area contributed by atoms with Crippen molar-refractivity contribution in [3.63, 3.8) is 0 Å². The Morgan fingerprint density at radius 1 is 0.688 bits per heavy atom. The molecule has 5 rings (SSSR count). The third-order valence-corrected chi connectivity index (χ3v) is 11.5. The number of carbonyl (C=O) groups excluding carboxylic acids is 2. The van der Waals surface area contributed by atoms with E-state index in [1.807, 2.05) is 24.3 Å². The van der Waals surface area contributed by atoms with Crippen LogP contribution in [0.25, 0.3) is 0 Å². The molecule has 2 aromatic carbocycles. The van der Waals surface area contributed by atoms with Crippen molar-refractivity contribution in [2.75, 3.05) is 0 Å². The Morgan fingerprint density at radius 3 is 1.50 bits per heavy atom. The molecule has 0 fully saturated rings. The van der Waals surface area contributed by atoms with Gasteiger partial charge in [0.1, 0.15) is 0 Å². The van der Waals surface area contributed by atoms with E-state index in [-0.39, 0.29) is 11.1 Å². The maximum absolute atomic E-state index is 13.4. The summed E-state index contributed by atoms with van der Waals surface area (Å²) >= 11 is -4.41. The average Bonchev–Trinajstić information content (AvgIpc) is 3.45. The van der Waals surface area contributed by atoms with Crippen molar-refractivity contribution in [1.29, 1.82) is 0 Å². The topological polar surface area (TPSA) is 52.6 Å².